The Hall–Kier alpha value is -4.63. The number of nitrogens with zero attached hydrogens (tertiary/aromatic N) is 2. The molecule has 9 heteroatoms. The molecule has 0 aliphatic carbocycles. The second kappa shape index (κ2) is 16.1. The van der Waals surface area contributed by atoms with Crippen LogP contribution in [0.15, 0.2) is 109 Å². The summed E-state index contributed by atoms with van der Waals surface area (Å²) in [4.78, 5) is 29.6. The standard InChI is InChI=1S/C37H43N3O5S/c1-5-29(3)38-37(42)35(24-30-12-8-6-9-13-30)39(25-31-18-16-28(2)17-19-31)36(41)26-40(46(4,43)44)33-20-22-34(23-21-33)45-27-32-14-10-7-11-15-32/h6-23,29,35H,5,24-27H2,1-4H3,(H,38,42). The second-order valence-electron chi connectivity index (χ2n) is 11.6. The molecule has 0 spiro atoms. The number of anilines is 1. The van der Waals surface area contributed by atoms with Crippen molar-refractivity contribution >= 4 is 27.5 Å². The minimum atomic E-state index is -3.88. The summed E-state index contributed by atoms with van der Waals surface area (Å²) in [5.41, 5.74) is 4.11. The molecule has 2 unspecified atom stereocenters. The van der Waals surface area contributed by atoms with Crippen molar-refractivity contribution in [3.63, 3.8) is 0 Å². The molecule has 0 fully saturated rings. The van der Waals surface area contributed by atoms with E-state index in [-0.39, 0.29) is 24.9 Å². The number of ether oxygens (including phenoxy) is 1. The van der Waals surface area contributed by atoms with Crippen LogP contribution in [0.5, 0.6) is 5.75 Å². The number of hydrogen-bond acceptors (Lipinski definition) is 5. The smallest absolute Gasteiger partial charge is 0.244 e. The number of nitrogens with one attached hydrogen (secondary N) is 1. The first kappa shape index (κ1) is 34.2. The molecule has 4 aromatic rings. The highest BCUT2D eigenvalue weighted by Gasteiger charge is 2.33. The number of carbonyl (C=O) groups excluding carboxylic acids is 2. The molecular weight excluding hydrogens is 598 g/mol. The quantitative estimate of drug-likeness (QED) is 0.175. The summed E-state index contributed by atoms with van der Waals surface area (Å²) in [6.45, 7) is 5.90. The molecule has 0 aliphatic rings. The van der Waals surface area contributed by atoms with Gasteiger partial charge in [-0.1, -0.05) is 97.4 Å². The van der Waals surface area contributed by atoms with E-state index in [0.717, 1.165) is 39.2 Å². The van der Waals surface area contributed by atoms with Gasteiger partial charge in [-0.05, 0) is 61.2 Å². The second-order valence-corrected chi connectivity index (χ2v) is 13.5. The van der Waals surface area contributed by atoms with Gasteiger partial charge < -0.3 is 15.0 Å². The highest BCUT2D eigenvalue weighted by atomic mass is 32.2. The zero-order valence-electron chi connectivity index (χ0n) is 26.9. The van der Waals surface area contributed by atoms with Crippen molar-refractivity contribution in [2.45, 2.75) is 58.8 Å². The maximum absolute atomic E-state index is 14.3. The van der Waals surface area contributed by atoms with Crippen molar-refractivity contribution in [2.24, 2.45) is 0 Å². The predicted octanol–water partition coefficient (Wildman–Crippen LogP) is 5.89. The van der Waals surface area contributed by atoms with E-state index in [2.05, 4.69) is 5.32 Å². The fourth-order valence-electron chi connectivity index (χ4n) is 4.95. The molecule has 4 aromatic carbocycles. The summed E-state index contributed by atoms with van der Waals surface area (Å²) in [6.07, 6.45) is 2.07. The molecule has 0 heterocycles. The van der Waals surface area contributed by atoms with Crippen LogP contribution in [0.25, 0.3) is 0 Å². The first-order chi connectivity index (χ1) is 22.0. The number of hydrogen-bond donors (Lipinski definition) is 1. The Labute approximate surface area is 273 Å². The number of rotatable bonds is 15. The lowest BCUT2D eigenvalue weighted by atomic mass is 10.0. The van der Waals surface area contributed by atoms with Gasteiger partial charge in [-0.25, -0.2) is 8.42 Å². The predicted molar refractivity (Wildman–Crippen MR) is 183 cm³/mol. The molecule has 2 amide bonds. The SMILES string of the molecule is CCC(C)NC(=O)C(Cc1ccccc1)N(Cc1ccc(C)cc1)C(=O)CN(c1ccc(OCc2ccccc2)cc1)S(C)(=O)=O. The van der Waals surface area contributed by atoms with Gasteiger partial charge in [0, 0.05) is 19.0 Å². The molecule has 4 rings (SSSR count). The van der Waals surface area contributed by atoms with Crippen LogP contribution < -0.4 is 14.4 Å². The van der Waals surface area contributed by atoms with Crippen LogP contribution in [0.2, 0.25) is 0 Å². The number of aryl methyl sites for hydroxylation is 1. The first-order valence-corrected chi connectivity index (χ1v) is 17.3. The van der Waals surface area contributed by atoms with Crippen LogP contribution in [0.4, 0.5) is 5.69 Å². The van der Waals surface area contributed by atoms with Crippen molar-refractivity contribution in [2.75, 3.05) is 17.1 Å². The Morgan fingerprint density at radius 2 is 1.39 bits per heavy atom. The third-order valence-corrected chi connectivity index (χ3v) is 8.94. The molecule has 242 valence electrons. The number of carbonyl (C=O) groups is 2. The highest BCUT2D eigenvalue weighted by Crippen LogP contribution is 2.24. The summed E-state index contributed by atoms with van der Waals surface area (Å²) >= 11 is 0. The van der Waals surface area contributed by atoms with E-state index in [1.807, 2.05) is 106 Å². The maximum atomic E-state index is 14.3. The Bertz CT molecular complexity index is 1660. The minimum Gasteiger partial charge on any atom is -0.489 e. The van der Waals surface area contributed by atoms with E-state index in [1.54, 1.807) is 24.3 Å². The molecule has 1 N–H and O–H groups in total. The van der Waals surface area contributed by atoms with Crippen LogP contribution in [-0.4, -0.2) is 50.0 Å². The van der Waals surface area contributed by atoms with E-state index in [1.165, 1.54) is 4.90 Å². The third-order valence-electron chi connectivity index (χ3n) is 7.80. The lowest BCUT2D eigenvalue weighted by Gasteiger charge is -2.34. The van der Waals surface area contributed by atoms with Gasteiger partial charge in [0.15, 0.2) is 0 Å². The molecule has 2 atom stereocenters. The number of amides is 2. The average Bonchev–Trinajstić information content (AvgIpc) is 3.05. The van der Waals surface area contributed by atoms with Gasteiger partial charge in [0.2, 0.25) is 21.8 Å². The van der Waals surface area contributed by atoms with Crippen molar-refractivity contribution < 1.29 is 22.7 Å². The summed E-state index contributed by atoms with van der Waals surface area (Å²) in [5, 5.41) is 3.05. The minimum absolute atomic E-state index is 0.0998. The lowest BCUT2D eigenvalue weighted by Crippen LogP contribution is -2.54. The molecule has 46 heavy (non-hydrogen) atoms. The fraction of sp³-hybridized carbons (Fsp3) is 0.297. The fourth-order valence-corrected chi connectivity index (χ4v) is 5.80. The Morgan fingerprint density at radius 1 is 0.804 bits per heavy atom. The summed E-state index contributed by atoms with van der Waals surface area (Å²) in [7, 11) is -3.88. The van der Waals surface area contributed by atoms with E-state index in [4.69, 9.17) is 4.74 Å². The van der Waals surface area contributed by atoms with E-state index < -0.39 is 28.5 Å². The zero-order valence-corrected chi connectivity index (χ0v) is 27.7. The highest BCUT2D eigenvalue weighted by molar-refractivity contribution is 7.92. The van der Waals surface area contributed by atoms with Crippen LogP contribution in [-0.2, 0) is 39.2 Å². The van der Waals surface area contributed by atoms with Crippen molar-refractivity contribution in [1.82, 2.24) is 10.2 Å². The third kappa shape index (κ3) is 9.94. The van der Waals surface area contributed by atoms with Crippen molar-refractivity contribution in [1.29, 1.82) is 0 Å². The van der Waals surface area contributed by atoms with Crippen LogP contribution in [0.1, 0.15) is 42.5 Å². The molecule has 0 aliphatic heterocycles. The van der Waals surface area contributed by atoms with E-state index in [9.17, 15) is 18.0 Å². The molecule has 0 saturated heterocycles. The Morgan fingerprint density at radius 3 is 1.96 bits per heavy atom. The van der Waals surface area contributed by atoms with Crippen LogP contribution in [0, 0.1) is 6.92 Å². The van der Waals surface area contributed by atoms with E-state index in [0.29, 0.717) is 18.0 Å². The average molecular weight is 642 g/mol. The lowest BCUT2D eigenvalue weighted by molar-refractivity contribution is -0.140. The van der Waals surface area contributed by atoms with Gasteiger partial charge in [-0.15, -0.1) is 0 Å². The first-order valence-electron chi connectivity index (χ1n) is 15.5. The largest absolute Gasteiger partial charge is 0.489 e. The molecule has 0 bridgehead atoms. The topological polar surface area (TPSA) is 96.0 Å². The van der Waals surface area contributed by atoms with Gasteiger partial charge >= 0.3 is 0 Å². The van der Waals surface area contributed by atoms with Gasteiger partial charge in [0.1, 0.15) is 24.9 Å². The molecule has 8 nitrogen and oxygen atoms in total. The molecule has 0 saturated carbocycles. The summed E-state index contributed by atoms with van der Waals surface area (Å²) in [6, 6.07) is 32.6. The summed E-state index contributed by atoms with van der Waals surface area (Å²) < 4.78 is 33.2. The monoisotopic (exact) mass is 641 g/mol. The zero-order chi connectivity index (χ0) is 33.1. The molecule has 0 aromatic heterocycles. The van der Waals surface area contributed by atoms with Crippen LogP contribution >= 0.6 is 0 Å². The van der Waals surface area contributed by atoms with Crippen LogP contribution in [0.3, 0.4) is 0 Å². The number of benzene rings is 4. The Balaban J connectivity index is 1.64. The van der Waals surface area contributed by atoms with Gasteiger partial charge in [-0.2, -0.15) is 0 Å². The van der Waals surface area contributed by atoms with Gasteiger partial charge in [0.25, 0.3) is 0 Å². The van der Waals surface area contributed by atoms with Crippen molar-refractivity contribution in [3.05, 3.63) is 131 Å². The normalized spacial score (nSPS) is 12.5. The Kier molecular flexibility index (Phi) is 12.0. The molecule has 0 radical (unpaired) electrons. The number of sulfonamides is 1. The van der Waals surface area contributed by atoms with Gasteiger partial charge in [0.05, 0.1) is 11.9 Å². The van der Waals surface area contributed by atoms with Crippen molar-refractivity contribution in [3.8, 4) is 5.75 Å². The molecular formula is C37H43N3O5S. The van der Waals surface area contributed by atoms with Gasteiger partial charge in [-0.3, -0.25) is 13.9 Å². The summed E-state index contributed by atoms with van der Waals surface area (Å²) in [5.74, 6) is -0.210. The maximum Gasteiger partial charge on any atom is 0.244 e. The van der Waals surface area contributed by atoms with E-state index >= 15 is 0 Å².